The third kappa shape index (κ3) is 3.95. The van der Waals surface area contributed by atoms with Gasteiger partial charge < -0.3 is 9.64 Å². The van der Waals surface area contributed by atoms with Crippen molar-refractivity contribution in [1.82, 2.24) is 0 Å². The molecule has 2 aliphatic rings. The predicted octanol–water partition coefficient (Wildman–Crippen LogP) is 3.44. The molecular weight excluding hydrogens is 416 g/mol. The second-order valence-electron chi connectivity index (χ2n) is 6.98. The van der Waals surface area contributed by atoms with Crippen molar-refractivity contribution < 1.29 is 22.7 Å². The van der Waals surface area contributed by atoms with Crippen LogP contribution in [0.15, 0.2) is 47.4 Å². The van der Waals surface area contributed by atoms with E-state index in [0.717, 1.165) is 5.56 Å². The van der Waals surface area contributed by atoms with Crippen molar-refractivity contribution in [3.8, 4) is 0 Å². The van der Waals surface area contributed by atoms with Crippen LogP contribution in [0, 0.1) is 0 Å². The first-order valence-corrected chi connectivity index (χ1v) is 11.6. The average molecular weight is 435 g/mol. The number of ether oxygens (including phenoxy) is 1. The molecule has 2 amide bonds. The van der Waals surface area contributed by atoms with E-state index in [-0.39, 0.29) is 17.4 Å². The van der Waals surface area contributed by atoms with Crippen LogP contribution in [0.25, 0.3) is 0 Å². The first kappa shape index (κ1) is 19.7. The van der Waals surface area contributed by atoms with Crippen molar-refractivity contribution in [2.75, 3.05) is 22.9 Å². The van der Waals surface area contributed by atoms with Gasteiger partial charge in [-0.25, -0.2) is 13.2 Å². The van der Waals surface area contributed by atoms with E-state index in [1.165, 1.54) is 21.9 Å². The lowest BCUT2D eigenvalue weighted by Crippen LogP contribution is -2.32. The first-order chi connectivity index (χ1) is 13.8. The zero-order valence-electron chi connectivity index (χ0n) is 15.5. The minimum atomic E-state index is -3.98. The molecule has 0 radical (unpaired) electrons. The van der Waals surface area contributed by atoms with Crippen LogP contribution in [0.5, 0.6) is 0 Å². The van der Waals surface area contributed by atoms with Crippen molar-refractivity contribution in [1.29, 1.82) is 0 Å². The zero-order chi connectivity index (χ0) is 20.6. The molecule has 0 aromatic heterocycles. The van der Waals surface area contributed by atoms with Gasteiger partial charge in [0.15, 0.2) is 0 Å². The summed E-state index contributed by atoms with van der Waals surface area (Å²) in [5.41, 5.74) is 2.41. The fourth-order valence-electron chi connectivity index (χ4n) is 3.72. The number of halogens is 1. The van der Waals surface area contributed by atoms with Gasteiger partial charge in [0.05, 0.1) is 16.3 Å². The lowest BCUT2D eigenvalue weighted by Gasteiger charge is -2.25. The number of hydrogen-bond acceptors (Lipinski definition) is 5. The zero-order valence-corrected chi connectivity index (χ0v) is 17.1. The third-order valence-electron chi connectivity index (χ3n) is 5.09. The number of amides is 2. The van der Waals surface area contributed by atoms with E-state index in [2.05, 4.69) is 0 Å². The maximum absolute atomic E-state index is 12.8. The van der Waals surface area contributed by atoms with Crippen LogP contribution < -0.4 is 9.80 Å². The molecule has 1 fully saturated rings. The number of carbonyl (C=O) groups excluding carboxylic acids is 2. The van der Waals surface area contributed by atoms with E-state index >= 15 is 0 Å². The topological polar surface area (TPSA) is 84.0 Å². The summed E-state index contributed by atoms with van der Waals surface area (Å²) in [6.07, 6.45) is 0.960. The Balaban J connectivity index is 1.68. The van der Waals surface area contributed by atoms with E-state index in [1.54, 1.807) is 0 Å². The SMILES string of the molecule is O=C1CCCN1c1cc(S(=O)(=O)Cl)cc2c1N(C(=O)OCc1ccccc1)CC2. The Morgan fingerprint density at radius 3 is 2.52 bits per heavy atom. The molecule has 0 spiro atoms. The molecule has 2 aromatic carbocycles. The van der Waals surface area contributed by atoms with Crippen molar-refractivity contribution in [2.24, 2.45) is 0 Å². The lowest BCUT2D eigenvalue weighted by molar-refractivity contribution is -0.117. The first-order valence-electron chi connectivity index (χ1n) is 9.25. The Bertz CT molecular complexity index is 1070. The van der Waals surface area contributed by atoms with Crippen LogP contribution in [0.3, 0.4) is 0 Å². The molecule has 1 saturated heterocycles. The molecule has 9 heteroatoms. The molecular formula is C20H19ClN2O5S. The molecule has 0 N–H and O–H groups in total. The molecule has 7 nitrogen and oxygen atoms in total. The third-order valence-corrected chi connectivity index (χ3v) is 6.42. The number of anilines is 2. The van der Waals surface area contributed by atoms with Gasteiger partial charge in [0.2, 0.25) is 5.91 Å². The van der Waals surface area contributed by atoms with Crippen LogP contribution in [-0.4, -0.2) is 33.5 Å². The highest BCUT2D eigenvalue weighted by atomic mass is 35.7. The Morgan fingerprint density at radius 1 is 1.10 bits per heavy atom. The van der Waals surface area contributed by atoms with Crippen molar-refractivity contribution in [3.63, 3.8) is 0 Å². The molecule has 0 unspecified atom stereocenters. The van der Waals surface area contributed by atoms with Crippen molar-refractivity contribution >= 4 is 43.1 Å². The standard InChI is InChI=1S/C20H19ClN2O5S/c21-29(26,27)16-11-15-8-10-23(20(25)28-13-14-5-2-1-3-6-14)19(15)17(12-16)22-9-4-7-18(22)24/h1-3,5-6,11-12H,4,7-10,13H2. The molecule has 152 valence electrons. The van der Waals surface area contributed by atoms with Crippen LogP contribution in [0.2, 0.25) is 0 Å². The molecule has 29 heavy (non-hydrogen) atoms. The van der Waals surface area contributed by atoms with Crippen molar-refractivity contribution in [3.05, 3.63) is 53.6 Å². The number of hydrogen-bond donors (Lipinski definition) is 0. The highest BCUT2D eigenvalue weighted by Gasteiger charge is 2.35. The molecule has 0 saturated carbocycles. The monoisotopic (exact) mass is 434 g/mol. The molecule has 0 aliphatic carbocycles. The van der Waals surface area contributed by atoms with E-state index in [1.807, 2.05) is 30.3 Å². The van der Waals surface area contributed by atoms with Crippen LogP contribution >= 0.6 is 10.7 Å². The molecule has 0 atom stereocenters. The summed E-state index contributed by atoms with van der Waals surface area (Å²) in [5, 5.41) is 0. The van der Waals surface area contributed by atoms with Gasteiger partial charge >= 0.3 is 6.09 Å². The number of carbonyl (C=O) groups is 2. The number of fused-ring (bicyclic) bond motifs is 1. The molecule has 2 heterocycles. The van der Waals surface area contributed by atoms with Gasteiger partial charge in [-0.15, -0.1) is 0 Å². The minimum absolute atomic E-state index is 0.0767. The second kappa shape index (κ2) is 7.68. The minimum Gasteiger partial charge on any atom is -0.444 e. The van der Waals surface area contributed by atoms with Crippen LogP contribution in [-0.2, 0) is 31.6 Å². The highest BCUT2D eigenvalue weighted by Crippen LogP contribution is 2.42. The number of nitrogens with zero attached hydrogens (tertiary/aromatic N) is 2. The summed E-state index contributed by atoms with van der Waals surface area (Å²) in [5.74, 6) is -0.110. The van der Waals surface area contributed by atoms with Crippen LogP contribution in [0.1, 0.15) is 24.0 Å². The predicted molar refractivity (Wildman–Crippen MR) is 109 cm³/mol. The van der Waals surface area contributed by atoms with E-state index in [0.29, 0.717) is 49.3 Å². The van der Waals surface area contributed by atoms with Gasteiger partial charge in [0.1, 0.15) is 6.61 Å². The van der Waals surface area contributed by atoms with E-state index < -0.39 is 15.1 Å². The Kier molecular flexibility index (Phi) is 5.23. The van der Waals surface area contributed by atoms with Gasteiger partial charge in [-0.3, -0.25) is 9.69 Å². The second-order valence-corrected chi connectivity index (χ2v) is 9.54. The highest BCUT2D eigenvalue weighted by molar-refractivity contribution is 8.13. The van der Waals surface area contributed by atoms with Gasteiger partial charge in [-0.1, -0.05) is 30.3 Å². The van der Waals surface area contributed by atoms with Gasteiger partial charge in [-0.2, -0.15) is 0 Å². The Labute approximate surface area is 173 Å². The van der Waals surface area contributed by atoms with Crippen LogP contribution in [0.4, 0.5) is 16.2 Å². The summed E-state index contributed by atoms with van der Waals surface area (Å²) < 4.78 is 29.3. The van der Waals surface area contributed by atoms with Gasteiger partial charge in [-0.05, 0) is 36.1 Å². The molecule has 4 rings (SSSR count). The maximum Gasteiger partial charge on any atom is 0.414 e. The maximum atomic E-state index is 12.8. The summed E-state index contributed by atoms with van der Waals surface area (Å²) in [7, 11) is 1.58. The summed E-state index contributed by atoms with van der Waals surface area (Å²) in [6.45, 7) is 0.922. The van der Waals surface area contributed by atoms with Gasteiger partial charge in [0.25, 0.3) is 9.05 Å². The van der Waals surface area contributed by atoms with Gasteiger partial charge in [0, 0.05) is 30.2 Å². The summed E-state index contributed by atoms with van der Waals surface area (Å²) in [6, 6.07) is 12.1. The molecule has 0 bridgehead atoms. The summed E-state index contributed by atoms with van der Waals surface area (Å²) in [4.78, 5) is 28.0. The van der Waals surface area contributed by atoms with E-state index in [9.17, 15) is 18.0 Å². The van der Waals surface area contributed by atoms with Crippen molar-refractivity contribution in [2.45, 2.75) is 30.8 Å². The quantitative estimate of drug-likeness (QED) is 0.688. The largest absolute Gasteiger partial charge is 0.444 e. The number of rotatable bonds is 4. The molecule has 2 aromatic rings. The fourth-order valence-corrected chi connectivity index (χ4v) is 4.53. The lowest BCUT2D eigenvalue weighted by atomic mass is 10.1. The molecule has 2 aliphatic heterocycles. The normalized spacial score (nSPS) is 16.2. The summed E-state index contributed by atoms with van der Waals surface area (Å²) >= 11 is 0. The Morgan fingerprint density at radius 2 is 1.86 bits per heavy atom. The van der Waals surface area contributed by atoms with E-state index in [4.69, 9.17) is 15.4 Å². The smallest absolute Gasteiger partial charge is 0.414 e. The average Bonchev–Trinajstić information content (AvgIpc) is 3.31. The number of benzene rings is 2. The fraction of sp³-hybridized carbons (Fsp3) is 0.300. The Hall–Kier alpha value is -2.58.